The Morgan fingerprint density at radius 2 is 1.82 bits per heavy atom. The Labute approximate surface area is 196 Å². The number of esters is 1. The molecule has 0 atom stereocenters. The molecule has 1 amide bonds. The minimum absolute atomic E-state index is 0.224. The van der Waals surface area contributed by atoms with Crippen LogP contribution < -0.4 is 10.1 Å². The maximum Gasteiger partial charge on any atom is 0.343 e. The fourth-order valence-electron chi connectivity index (χ4n) is 3.37. The van der Waals surface area contributed by atoms with Crippen molar-refractivity contribution in [1.29, 1.82) is 0 Å². The Kier molecular flexibility index (Phi) is 6.56. The summed E-state index contributed by atoms with van der Waals surface area (Å²) in [5.41, 5.74) is 4.23. The molecule has 0 bridgehead atoms. The lowest BCUT2D eigenvalue weighted by Crippen LogP contribution is -2.13. The predicted molar refractivity (Wildman–Crippen MR) is 129 cm³/mol. The monoisotopic (exact) mass is 460 g/mol. The van der Waals surface area contributed by atoms with E-state index in [1.807, 2.05) is 37.3 Å². The highest BCUT2D eigenvalue weighted by molar-refractivity contribution is 6.30. The molecule has 0 saturated heterocycles. The third-order valence-electron chi connectivity index (χ3n) is 5.00. The van der Waals surface area contributed by atoms with Gasteiger partial charge in [0.15, 0.2) is 6.61 Å². The van der Waals surface area contributed by atoms with Gasteiger partial charge in [-0.15, -0.1) is 0 Å². The number of halogens is 1. The van der Waals surface area contributed by atoms with Crippen LogP contribution >= 0.6 is 11.6 Å². The van der Waals surface area contributed by atoms with Gasteiger partial charge in [-0.1, -0.05) is 41.4 Å². The molecule has 7 heteroatoms. The van der Waals surface area contributed by atoms with Gasteiger partial charge in [-0.25, -0.2) is 9.78 Å². The van der Waals surface area contributed by atoms with Gasteiger partial charge in [0.2, 0.25) is 0 Å². The number of hydrogen-bond donors (Lipinski definition) is 1. The van der Waals surface area contributed by atoms with Gasteiger partial charge in [-0.3, -0.25) is 4.79 Å². The minimum Gasteiger partial charge on any atom is -0.481 e. The molecule has 0 aliphatic rings. The molecule has 0 aliphatic heterocycles. The Hall–Kier alpha value is -3.90. The minimum atomic E-state index is -0.506. The van der Waals surface area contributed by atoms with E-state index in [-0.39, 0.29) is 12.5 Å². The van der Waals surface area contributed by atoms with E-state index in [9.17, 15) is 9.59 Å². The van der Waals surface area contributed by atoms with E-state index in [1.165, 1.54) is 7.11 Å². The summed E-state index contributed by atoms with van der Waals surface area (Å²) in [5.74, 6) is -0.293. The Morgan fingerprint density at radius 3 is 2.58 bits per heavy atom. The first kappa shape index (κ1) is 22.3. The highest BCUT2D eigenvalue weighted by Crippen LogP contribution is 2.33. The number of ether oxygens (including phenoxy) is 2. The number of carbonyl (C=O) groups is 2. The van der Waals surface area contributed by atoms with E-state index in [0.717, 1.165) is 11.1 Å². The first-order valence-corrected chi connectivity index (χ1v) is 10.6. The molecule has 0 fully saturated rings. The zero-order valence-corrected chi connectivity index (χ0v) is 18.8. The van der Waals surface area contributed by atoms with E-state index < -0.39 is 5.97 Å². The van der Waals surface area contributed by atoms with Crippen molar-refractivity contribution in [1.82, 2.24) is 4.98 Å². The molecule has 4 aromatic rings. The van der Waals surface area contributed by atoms with Gasteiger partial charge in [-0.2, -0.15) is 0 Å². The number of nitrogens with zero attached hydrogens (tertiary/aromatic N) is 1. The number of aryl methyl sites for hydroxylation is 1. The molecule has 1 heterocycles. The predicted octanol–water partition coefficient (Wildman–Crippen LogP) is 5.67. The molecule has 0 unspecified atom stereocenters. The van der Waals surface area contributed by atoms with Crippen molar-refractivity contribution in [3.8, 4) is 17.0 Å². The molecule has 0 saturated carbocycles. The number of carbonyl (C=O) groups excluding carboxylic acids is 2. The maximum atomic E-state index is 12.7. The van der Waals surface area contributed by atoms with Crippen molar-refractivity contribution < 1.29 is 19.1 Å². The molecule has 1 aromatic heterocycles. The Bertz CT molecular complexity index is 1350. The van der Waals surface area contributed by atoms with E-state index >= 15 is 0 Å². The summed E-state index contributed by atoms with van der Waals surface area (Å²) in [6.07, 6.45) is 0. The molecular formula is C26H21ClN2O4. The SMILES string of the molecule is COC(=O)COc1cc(-c2cccc(Cl)c2)nc2ccc(NC(=O)c3cccc(C)c3)cc12. The summed E-state index contributed by atoms with van der Waals surface area (Å²) in [6.45, 7) is 1.67. The summed E-state index contributed by atoms with van der Waals surface area (Å²) >= 11 is 6.14. The fourth-order valence-corrected chi connectivity index (χ4v) is 3.56. The van der Waals surface area contributed by atoms with E-state index in [2.05, 4.69) is 5.32 Å². The summed E-state index contributed by atoms with van der Waals surface area (Å²) in [7, 11) is 1.30. The van der Waals surface area contributed by atoms with Gasteiger partial charge >= 0.3 is 5.97 Å². The van der Waals surface area contributed by atoms with Gasteiger partial charge in [0.05, 0.1) is 18.3 Å². The lowest BCUT2D eigenvalue weighted by atomic mass is 10.1. The lowest BCUT2D eigenvalue weighted by molar-refractivity contribution is -0.142. The average Bonchev–Trinajstić information content (AvgIpc) is 2.82. The zero-order valence-electron chi connectivity index (χ0n) is 18.1. The molecule has 33 heavy (non-hydrogen) atoms. The van der Waals surface area contributed by atoms with Crippen molar-refractivity contribution in [3.63, 3.8) is 0 Å². The number of benzene rings is 3. The molecular weight excluding hydrogens is 440 g/mol. The smallest absolute Gasteiger partial charge is 0.343 e. The topological polar surface area (TPSA) is 77.5 Å². The largest absolute Gasteiger partial charge is 0.481 e. The molecule has 3 aromatic carbocycles. The third-order valence-corrected chi connectivity index (χ3v) is 5.24. The van der Waals surface area contributed by atoms with Crippen LogP contribution in [0.15, 0.2) is 72.8 Å². The number of anilines is 1. The van der Waals surface area contributed by atoms with Crippen LogP contribution in [0, 0.1) is 6.92 Å². The Morgan fingerprint density at radius 1 is 1.00 bits per heavy atom. The molecule has 6 nitrogen and oxygen atoms in total. The zero-order chi connectivity index (χ0) is 23.4. The molecule has 1 N–H and O–H groups in total. The first-order valence-electron chi connectivity index (χ1n) is 10.2. The second-order valence-electron chi connectivity index (χ2n) is 7.44. The normalized spacial score (nSPS) is 10.6. The number of nitrogens with one attached hydrogen (secondary N) is 1. The summed E-state index contributed by atoms with van der Waals surface area (Å²) < 4.78 is 10.5. The van der Waals surface area contributed by atoms with Crippen molar-refractivity contribution in [2.75, 3.05) is 19.0 Å². The number of aromatic nitrogens is 1. The van der Waals surface area contributed by atoms with Crippen LogP contribution in [0.5, 0.6) is 5.75 Å². The van der Waals surface area contributed by atoms with Crippen LogP contribution in [0.2, 0.25) is 5.02 Å². The summed E-state index contributed by atoms with van der Waals surface area (Å²) in [6, 6.07) is 21.7. The standard InChI is InChI=1S/C26H21ClN2O4/c1-16-5-3-7-18(11-16)26(31)28-20-9-10-22-21(13-20)24(33-15-25(30)32-2)14-23(29-22)17-6-4-8-19(27)12-17/h3-14H,15H2,1-2H3,(H,28,31). The fraction of sp³-hybridized carbons (Fsp3) is 0.115. The number of fused-ring (bicyclic) bond motifs is 1. The van der Waals surface area contributed by atoms with Gasteiger partial charge in [0, 0.05) is 33.3 Å². The molecule has 0 radical (unpaired) electrons. The molecule has 4 rings (SSSR count). The second-order valence-corrected chi connectivity index (χ2v) is 7.87. The number of methoxy groups -OCH3 is 1. The molecule has 0 spiro atoms. The van der Waals surface area contributed by atoms with E-state index in [0.29, 0.717) is 38.6 Å². The van der Waals surface area contributed by atoms with Crippen molar-refractivity contribution in [2.24, 2.45) is 0 Å². The van der Waals surface area contributed by atoms with E-state index in [4.69, 9.17) is 26.1 Å². The summed E-state index contributed by atoms with van der Waals surface area (Å²) in [4.78, 5) is 29.1. The Balaban J connectivity index is 1.73. The van der Waals surface area contributed by atoms with Crippen molar-refractivity contribution in [3.05, 3.63) is 88.9 Å². The third kappa shape index (κ3) is 5.30. The van der Waals surface area contributed by atoms with Gasteiger partial charge in [0.25, 0.3) is 5.91 Å². The lowest BCUT2D eigenvalue weighted by Gasteiger charge is -2.13. The first-order chi connectivity index (χ1) is 15.9. The van der Waals surface area contributed by atoms with Crippen LogP contribution in [-0.4, -0.2) is 30.6 Å². The highest BCUT2D eigenvalue weighted by Gasteiger charge is 2.13. The van der Waals surface area contributed by atoms with Gasteiger partial charge in [-0.05, 0) is 49.4 Å². The molecule has 0 aliphatic carbocycles. The number of pyridine rings is 1. The maximum absolute atomic E-state index is 12.7. The van der Waals surface area contributed by atoms with Crippen LogP contribution in [0.25, 0.3) is 22.2 Å². The van der Waals surface area contributed by atoms with Gasteiger partial charge < -0.3 is 14.8 Å². The number of amides is 1. The quantitative estimate of drug-likeness (QED) is 0.375. The highest BCUT2D eigenvalue weighted by atomic mass is 35.5. The van der Waals surface area contributed by atoms with Crippen LogP contribution in [0.3, 0.4) is 0 Å². The summed E-state index contributed by atoms with van der Waals surface area (Å²) in [5, 5.41) is 4.13. The number of hydrogen-bond acceptors (Lipinski definition) is 5. The number of rotatable bonds is 6. The van der Waals surface area contributed by atoms with Crippen molar-refractivity contribution >= 4 is 40.1 Å². The molecule has 166 valence electrons. The van der Waals surface area contributed by atoms with Gasteiger partial charge in [0.1, 0.15) is 5.75 Å². The second kappa shape index (κ2) is 9.71. The van der Waals surface area contributed by atoms with Crippen LogP contribution in [0.4, 0.5) is 5.69 Å². The van der Waals surface area contributed by atoms with Crippen LogP contribution in [0.1, 0.15) is 15.9 Å². The van der Waals surface area contributed by atoms with Crippen molar-refractivity contribution in [2.45, 2.75) is 6.92 Å². The van der Waals surface area contributed by atoms with E-state index in [1.54, 1.807) is 42.5 Å². The average molecular weight is 461 g/mol. The van der Waals surface area contributed by atoms with Crippen LogP contribution in [-0.2, 0) is 9.53 Å².